The highest BCUT2D eigenvalue weighted by atomic mass is 16.4. The summed E-state index contributed by atoms with van der Waals surface area (Å²) in [6.07, 6.45) is 14.6. The fourth-order valence-electron chi connectivity index (χ4n) is 2.24. The van der Waals surface area contributed by atoms with Crippen molar-refractivity contribution in [1.29, 1.82) is 0 Å². The van der Waals surface area contributed by atoms with E-state index < -0.39 is 5.97 Å². The maximum absolute atomic E-state index is 10.5. The maximum Gasteiger partial charge on any atom is 0.328 e. The second-order valence-corrected chi connectivity index (χ2v) is 5.29. The fourth-order valence-corrected chi connectivity index (χ4v) is 2.24. The molecule has 2 nitrogen and oxygen atoms in total. The Bertz CT molecular complexity index is 356. The van der Waals surface area contributed by atoms with Crippen molar-refractivity contribution in [2.24, 2.45) is 5.92 Å². The molecule has 0 saturated heterocycles. The van der Waals surface area contributed by atoms with E-state index in [0.717, 1.165) is 31.3 Å². The van der Waals surface area contributed by atoms with Crippen molar-refractivity contribution in [3.8, 4) is 0 Å². The van der Waals surface area contributed by atoms with Crippen LogP contribution in [0.2, 0.25) is 0 Å². The van der Waals surface area contributed by atoms with Crippen molar-refractivity contribution in [1.82, 2.24) is 0 Å². The Balaban J connectivity index is 4.20. The van der Waals surface area contributed by atoms with Gasteiger partial charge in [0.15, 0.2) is 0 Å². The Hall–Kier alpha value is -1.31. The number of hydrogen-bond donors (Lipinski definition) is 1. The highest BCUT2D eigenvalue weighted by Gasteiger charge is 2.03. The molecule has 114 valence electrons. The van der Waals surface area contributed by atoms with Gasteiger partial charge in [-0.25, -0.2) is 4.79 Å². The molecule has 0 heterocycles. The van der Waals surface area contributed by atoms with Gasteiger partial charge in [-0.3, -0.25) is 0 Å². The van der Waals surface area contributed by atoms with Gasteiger partial charge in [-0.15, -0.1) is 0 Å². The Kier molecular flexibility index (Phi) is 10.8. The molecular formula is C18H30O2. The van der Waals surface area contributed by atoms with E-state index in [0.29, 0.717) is 5.92 Å². The summed E-state index contributed by atoms with van der Waals surface area (Å²) in [6.45, 7) is 8.48. The van der Waals surface area contributed by atoms with E-state index >= 15 is 0 Å². The van der Waals surface area contributed by atoms with E-state index in [-0.39, 0.29) is 0 Å². The van der Waals surface area contributed by atoms with Crippen LogP contribution >= 0.6 is 0 Å². The molecule has 1 N–H and O–H groups in total. The number of carboxylic acids is 1. The monoisotopic (exact) mass is 278 g/mol. The predicted octanol–water partition coefficient (Wildman–Crippen LogP) is 5.52. The van der Waals surface area contributed by atoms with Gasteiger partial charge in [-0.05, 0) is 50.5 Å². The van der Waals surface area contributed by atoms with E-state index in [1.807, 2.05) is 13.0 Å². The van der Waals surface area contributed by atoms with Crippen LogP contribution < -0.4 is 0 Å². The van der Waals surface area contributed by atoms with Crippen LogP contribution in [0.1, 0.15) is 66.2 Å². The molecule has 0 amide bonds. The summed E-state index contributed by atoms with van der Waals surface area (Å²) in [5.41, 5.74) is 2.35. The Morgan fingerprint density at radius 1 is 1.20 bits per heavy atom. The van der Waals surface area contributed by atoms with Crippen LogP contribution in [0.3, 0.4) is 0 Å². The molecule has 0 fully saturated rings. The van der Waals surface area contributed by atoms with Gasteiger partial charge < -0.3 is 5.11 Å². The van der Waals surface area contributed by atoms with Crippen molar-refractivity contribution < 1.29 is 9.90 Å². The molecule has 0 saturated carbocycles. The number of carboxylic acid groups (broad SMARTS) is 1. The molecule has 20 heavy (non-hydrogen) atoms. The minimum atomic E-state index is -0.879. The smallest absolute Gasteiger partial charge is 0.328 e. The van der Waals surface area contributed by atoms with Crippen LogP contribution in [0.25, 0.3) is 0 Å². The second kappa shape index (κ2) is 11.5. The number of aliphatic carboxylic acids is 1. The van der Waals surface area contributed by atoms with Crippen molar-refractivity contribution >= 4 is 5.97 Å². The van der Waals surface area contributed by atoms with E-state index in [4.69, 9.17) is 5.11 Å². The highest BCUT2D eigenvalue weighted by molar-refractivity contribution is 5.81. The maximum atomic E-state index is 10.5. The molecule has 0 aliphatic rings. The minimum absolute atomic E-state index is 0.690. The summed E-state index contributed by atoms with van der Waals surface area (Å²) in [7, 11) is 0. The van der Waals surface area contributed by atoms with E-state index in [2.05, 4.69) is 32.9 Å². The van der Waals surface area contributed by atoms with E-state index in [1.165, 1.54) is 18.9 Å². The third-order valence-electron chi connectivity index (χ3n) is 3.69. The second-order valence-electron chi connectivity index (χ2n) is 5.29. The van der Waals surface area contributed by atoms with Gasteiger partial charge >= 0.3 is 5.97 Å². The molecule has 0 aliphatic heterocycles. The summed E-state index contributed by atoms with van der Waals surface area (Å²) in [6, 6.07) is 0. The average Bonchev–Trinajstić information content (AvgIpc) is 2.40. The average molecular weight is 278 g/mol. The lowest BCUT2D eigenvalue weighted by Crippen LogP contribution is -1.97. The zero-order valence-electron chi connectivity index (χ0n) is 13.5. The largest absolute Gasteiger partial charge is 0.478 e. The van der Waals surface area contributed by atoms with Gasteiger partial charge in [0.05, 0.1) is 0 Å². The van der Waals surface area contributed by atoms with Gasteiger partial charge in [0.1, 0.15) is 0 Å². The number of hydrogen-bond acceptors (Lipinski definition) is 1. The molecule has 0 aliphatic carbocycles. The van der Waals surface area contributed by atoms with Crippen LogP contribution in [0.5, 0.6) is 0 Å². The molecule has 0 aromatic heterocycles. The topological polar surface area (TPSA) is 37.3 Å². The zero-order valence-corrected chi connectivity index (χ0v) is 13.5. The Morgan fingerprint density at radius 3 is 2.35 bits per heavy atom. The first kappa shape index (κ1) is 18.7. The third-order valence-corrected chi connectivity index (χ3v) is 3.69. The molecule has 0 aromatic rings. The quantitative estimate of drug-likeness (QED) is 0.325. The Morgan fingerprint density at radius 2 is 1.85 bits per heavy atom. The Labute approximate surface area is 124 Å². The molecular weight excluding hydrogens is 248 g/mol. The highest BCUT2D eigenvalue weighted by Crippen LogP contribution is 2.18. The summed E-state index contributed by atoms with van der Waals surface area (Å²) in [5.74, 6) is -0.189. The van der Waals surface area contributed by atoms with Crippen molar-refractivity contribution in [2.75, 3.05) is 0 Å². The van der Waals surface area contributed by atoms with E-state index in [9.17, 15) is 4.79 Å². The summed E-state index contributed by atoms with van der Waals surface area (Å²) in [5, 5.41) is 8.64. The number of allylic oxidation sites excluding steroid dienone is 5. The minimum Gasteiger partial charge on any atom is -0.478 e. The predicted molar refractivity (Wildman–Crippen MR) is 86.8 cm³/mol. The SMILES string of the molecule is CCC(=CCCC(CC)C/C=C/C(C)=C/C(=O)O)CC. The lowest BCUT2D eigenvalue weighted by atomic mass is 9.95. The van der Waals surface area contributed by atoms with Gasteiger partial charge in [0, 0.05) is 6.08 Å². The molecule has 2 heteroatoms. The first-order valence-electron chi connectivity index (χ1n) is 7.79. The molecule has 0 aromatic carbocycles. The lowest BCUT2D eigenvalue weighted by Gasteiger charge is -2.11. The first-order chi connectivity index (χ1) is 9.53. The molecule has 0 rings (SSSR count). The van der Waals surface area contributed by atoms with Crippen LogP contribution in [-0.4, -0.2) is 11.1 Å². The van der Waals surface area contributed by atoms with Crippen molar-refractivity contribution in [3.63, 3.8) is 0 Å². The van der Waals surface area contributed by atoms with Crippen LogP contribution in [0.15, 0.2) is 35.5 Å². The first-order valence-corrected chi connectivity index (χ1v) is 7.79. The normalized spacial score (nSPS) is 13.5. The fraction of sp³-hybridized carbons (Fsp3) is 0.611. The van der Waals surface area contributed by atoms with Gasteiger partial charge in [-0.2, -0.15) is 0 Å². The standard InChI is InChI=1S/C18H30O2/c1-5-16(6-2)11-9-13-17(7-3)12-8-10-15(4)14-18(19)20/h8,10-11,14,17H,5-7,9,12-13H2,1-4H3,(H,19,20)/b10-8+,15-14+. The summed E-state index contributed by atoms with van der Waals surface area (Å²) >= 11 is 0. The summed E-state index contributed by atoms with van der Waals surface area (Å²) in [4.78, 5) is 10.5. The molecule has 1 atom stereocenters. The van der Waals surface area contributed by atoms with Gasteiger partial charge in [0.25, 0.3) is 0 Å². The van der Waals surface area contributed by atoms with Crippen LogP contribution in [0.4, 0.5) is 0 Å². The third kappa shape index (κ3) is 9.60. The molecule has 1 unspecified atom stereocenters. The lowest BCUT2D eigenvalue weighted by molar-refractivity contribution is -0.131. The van der Waals surface area contributed by atoms with Crippen LogP contribution in [0, 0.1) is 5.92 Å². The number of rotatable bonds is 10. The number of carbonyl (C=O) groups is 1. The van der Waals surface area contributed by atoms with Crippen LogP contribution in [-0.2, 0) is 4.79 Å². The molecule has 0 spiro atoms. The van der Waals surface area contributed by atoms with Gasteiger partial charge in [-0.1, -0.05) is 51.0 Å². The zero-order chi connectivity index (χ0) is 15.4. The summed E-state index contributed by atoms with van der Waals surface area (Å²) < 4.78 is 0. The van der Waals surface area contributed by atoms with Crippen molar-refractivity contribution in [2.45, 2.75) is 66.2 Å². The molecule has 0 radical (unpaired) electrons. The molecule has 0 bridgehead atoms. The van der Waals surface area contributed by atoms with E-state index in [1.54, 1.807) is 5.57 Å². The van der Waals surface area contributed by atoms with Crippen molar-refractivity contribution in [3.05, 3.63) is 35.5 Å². The van der Waals surface area contributed by atoms with Gasteiger partial charge in [0.2, 0.25) is 0 Å².